The summed E-state index contributed by atoms with van der Waals surface area (Å²) in [6.45, 7) is 1.60. The number of aromatic carboxylic acids is 1. The molecule has 0 fully saturated rings. The van der Waals surface area contributed by atoms with Crippen LogP contribution in [0.4, 0.5) is 11.4 Å². The molecule has 1 heterocycles. The summed E-state index contributed by atoms with van der Waals surface area (Å²) in [7, 11) is 0. The van der Waals surface area contributed by atoms with Crippen LogP contribution in [0.3, 0.4) is 0 Å². The normalized spacial score (nSPS) is 17.6. The third kappa shape index (κ3) is 3.41. The van der Waals surface area contributed by atoms with E-state index in [2.05, 4.69) is 20.4 Å². The minimum Gasteiger partial charge on any atom is -0.859 e. The minimum absolute atomic E-state index is 0. The Labute approximate surface area is 136 Å². The van der Waals surface area contributed by atoms with Crippen molar-refractivity contribution in [1.82, 2.24) is 0 Å². The molecule has 1 aromatic rings. The van der Waals surface area contributed by atoms with Crippen LogP contribution in [-0.4, -0.2) is 28.7 Å². The number of hydrogen-bond acceptors (Lipinski definition) is 7. The standard InChI is InChI=1S/C11H11N5O3.Na/c1-5-9(10(17)16-13-5)15-14-8-3-2-6(12)4-7(8)11(18)19;/h2-4,9H,12H2,1H3,(H,16,17)(H,18,19);/q;+1/p-1. The number of azo groups is 1. The number of anilines is 1. The summed E-state index contributed by atoms with van der Waals surface area (Å²) in [5.74, 6) is -1.69. The van der Waals surface area contributed by atoms with Crippen LogP contribution in [0.1, 0.15) is 17.3 Å². The van der Waals surface area contributed by atoms with Crippen molar-refractivity contribution >= 4 is 29.0 Å². The molecular formula is C11H10N5NaO3. The van der Waals surface area contributed by atoms with Gasteiger partial charge in [-0.3, -0.25) is 0 Å². The van der Waals surface area contributed by atoms with Crippen molar-refractivity contribution in [2.45, 2.75) is 13.0 Å². The van der Waals surface area contributed by atoms with E-state index in [1.165, 1.54) is 18.2 Å². The minimum atomic E-state index is -1.17. The van der Waals surface area contributed by atoms with E-state index in [1.54, 1.807) is 6.92 Å². The van der Waals surface area contributed by atoms with Gasteiger partial charge in [0.1, 0.15) is 6.04 Å². The molecule has 0 spiro atoms. The Morgan fingerprint density at radius 3 is 2.70 bits per heavy atom. The van der Waals surface area contributed by atoms with Crippen LogP contribution < -0.4 is 40.4 Å². The predicted molar refractivity (Wildman–Crippen MR) is 66.7 cm³/mol. The molecule has 98 valence electrons. The molecule has 1 aromatic carbocycles. The van der Waals surface area contributed by atoms with Gasteiger partial charge in [0.25, 0.3) is 0 Å². The third-order valence-electron chi connectivity index (χ3n) is 2.47. The molecule has 9 heteroatoms. The van der Waals surface area contributed by atoms with E-state index in [9.17, 15) is 9.90 Å². The summed E-state index contributed by atoms with van der Waals surface area (Å²) in [6.07, 6.45) is 0. The van der Waals surface area contributed by atoms with Gasteiger partial charge in [0.05, 0.1) is 17.0 Å². The van der Waals surface area contributed by atoms with Gasteiger partial charge in [0.15, 0.2) is 0 Å². The molecule has 1 unspecified atom stereocenters. The maximum absolute atomic E-state index is 11.3. The second-order valence-corrected chi connectivity index (χ2v) is 3.88. The Kier molecular flexibility index (Phi) is 5.37. The van der Waals surface area contributed by atoms with Crippen LogP contribution in [0.2, 0.25) is 0 Å². The number of nitrogen functional groups attached to an aromatic ring is 1. The van der Waals surface area contributed by atoms with E-state index >= 15 is 0 Å². The molecule has 20 heavy (non-hydrogen) atoms. The summed E-state index contributed by atoms with van der Waals surface area (Å²) in [5, 5.41) is 34.8. The Morgan fingerprint density at radius 2 is 2.15 bits per heavy atom. The van der Waals surface area contributed by atoms with Crippen molar-refractivity contribution in [2.75, 3.05) is 5.73 Å². The molecule has 8 nitrogen and oxygen atoms in total. The quantitative estimate of drug-likeness (QED) is 0.362. The zero-order chi connectivity index (χ0) is 14.0. The number of hydrogen-bond donors (Lipinski definition) is 2. The van der Waals surface area contributed by atoms with Gasteiger partial charge in [-0.1, -0.05) is 0 Å². The summed E-state index contributed by atoms with van der Waals surface area (Å²) in [5.41, 5.74) is 6.26. The average molecular weight is 283 g/mol. The Balaban J connectivity index is 0.00000200. The van der Waals surface area contributed by atoms with Crippen molar-refractivity contribution in [2.24, 2.45) is 20.4 Å². The van der Waals surface area contributed by atoms with Crippen molar-refractivity contribution in [3.63, 3.8) is 0 Å². The molecule has 2 rings (SSSR count). The first kappa shape index (κ1) is 16.3. The molecule has 0 radical (unpaired) electrons. The van der Waals surface area contributed by atoms with Gasteiger partial charge < -0.3 is 15.9 Å². The van der Waals surface area contributed by atoms with Crippen LogP contribution >= 0.6 is 0 Å². The zero-order valence-corrected chi connectivity index (χ0v) is 12.9. The first-order chi connectivity index (χ1) is 8.99. The first-order valence-corrected chi connectivity index (χ1v) is 5.31. The zero-order valence-electron chi connectivity index (χ0n) is 10.9. The second kappa shape index (κ2) is 6.60. The van der Waals surface area contributed by atoms with E-state index in [0.29, 0.717) is 11.4 Å². The van der Waals surface area contributed by atoms with Gasteiger partial charge in [-0.25, -0.2) is 4.79 Å². The van der Waals surface area contributed by atoms with Gasteiger partial charge >= 0.3 is 35.5 Å². The van der Waals surface area contributed by atoms with Crippen molar-refractivity contribution in [3.05, 3.63) is 23.8 Å². The van der Waals surface area contributed by atoms with Crippen LogP contribution in [0.5, 0.6) is 0 Å². The fraction of sp³-hybridized carbons (Fsp3) is 0.182. The average Bonchev–Trinajstić information content (AvgIpc) is 2.68. The largest absolute Gasteiger partial charge is 1.00 e. The molecule has 1 aliphatic heterocycles. The Morgan fingerprint density at radius 1 is 1.45 bits per heavy atom. The van der Waals surface area contributed by atoms with E-state index in [1.807, 2.05) is 0 Å². The number of nitrogens with zero attached hydrogens (tertiary/aromatic N) is 4. The van der Waals surface area contributed by atoms with E-state index < -0.39 is 17.9 Å². The number of carboxylic acid groups (broad SMARTS) is 1. The number of benzene rings is 1. The summed E-state index contributed by atoms with van der Waals surface area (Å²) < 4.78 is 0. The van der Waals surface area contributed by atoms with E-state index in [-0.39, 0.29) is 40.8 Å². The van der Waals surface area contributed by atoms with Crippen LogP contribution in [0.25, 0.3) is 0 Å². The predicted octanol–water partition coefficient (Wildman–Crippen LogP) is -2.43. The van der Waals surface area contributed by atoms with E-state index in [4.69, 9.17) is 10.8 Å². The number of carbonyl (C=O) groups is 1. The maximum Gasteiger partial charge on any atom is 1.00 e. The summed E-state index contributed by atoms with van der Waals surface area (Å²) in [6, 6.07) is 3.33. The summed E-state index contributed by atoms with van der Waals surface area (Å²) in [4.78, 5) is 11.0. The van der Waals surface area contributed by atoms with Gasteiger partial charge in [-0.15, -0.1) is 0 Å². The maximum atomic E-state index is 11.3. The molecule has 3 N–H and O–H groups in total. The van der Waals surface area contributed by atoms with Gasteiger partial charge in [0, 0.05) is 11.6 Å². The van der Waals surface area contributed by atoms with Gasteiger partial charge in [0.2, 0.25) is 0 Å². The van der Waals surface area contributed by atoms with Crippen LogP contribution in [0.15, 0.2) is 38.6 Å². The number of carboxylic acids is 1. The topological polar surface area (TPSA) is 136 Å². The SMILES string of the molecule is CC1=NN=C([O-])C1N=Nc1ccc(N)cc1C(=O)O.[Na+]. The second-order valence-electron chi connectivity index (χ2n) is 3.88. The first-order valence-electron chi connectivity index (χ1n) is 5.31. The monoisotopic (exact) mass is 283 g/mol. The molecule has 0 bridgehead atoms. The van der Waals surface area contributed by atoms with E-state index in [0.717, 1.165) is 0 Å². The molecule has 0 saturated heterocycles. The molecule has 0 aromatic heterocycles. The Bertz CT molecular complexity index is 608. The molecular weight excluding hydrogens is 273 g/mol. The molecule has 1 aliphatic rings. The smallest absolute Gasteiger partial charge is 0.859 e. The summed E-state index contributed by atoms with van der Waals surface area (Å²) >= 11 is 0. The van der Waals surface area contributed by atoms with Crippen molar-refractivity contribution in [1.29, 1.82) is 0 Å². The molecule has 0 saturated carbocycles. The number of nitrogens with two attached hydrogens (primary N) is 1. The third-order valence-corrected chi connectivity index (χ3v) is 2.47. The van der Waals surface area contributed by atoms with Crippen LogP contribution in [-0.2, 0) is 0 Å². The van der Waals surface area contributed by atoms with Gasteiger partial charge in [-0.05, 0) is 25.1 Å². The van der Waals surface area contributed by atoms with Crippen LogP contribution in [0, 0.1) is 0 Å². The van der Waals surface area contributed by atoms with Gasteiger partial charge in [-0.2, -0.15) is 20.4 Å². The fourth-order valence-electron chi connectivity index (χ4n) is 1.48. The fourth-order valence-corrected chi connectivity index (χ4v) is 1.48. The Hall–Kier alpha value is -1.77. The van der Waals surface area contributed by atoms with Crippen molar-refractivity contribution < 1.29 is 44.6 Å². The number of rotatable bonds is 3. The van der Waals surface area contributed by atoms with Crippen molar-refractivity contribution in [3.8, 4) is 0 Å². The molecule has 0 amide bonds. The molecule has 0 aliphatic carbocycles. The molecule has 1 atom stereocenters.